The lowest BCUT2D eigenvalue weighted by molar-refractivity contribution is 0.461. The van der Waals surface area contributed by atoms with Crippen molar-refractivity contribution in [2.75, 3.05) is 0 Å². The lowest BCUT2D eigenvalue weighted by atomic mass is 9.68. The van der Waals surface area contributed by atoms with E-state index in [1.165, 1.54) is 11.1 Å². The number of hydrogen-bond acceptors (Lipinski definition) is 1. The van der Waals surface area contributed by atoms with Gasteiger partial charge in [0.25, 0.3) is 0 Å². The molecule has 0 radical (unpaired) electrons. The van der Waals surface area contributed by atoms with Gasteiger partial charge in [-0.15, -0.1) is 0 Å². The van der Waals surface area contributed by atoms with Crippen LogP contribution in [0.15, 0.2) is 59.7 Å². The first-order valence-corrected chi connectivity index (χ1v) is 7.94. The van der Waals surface area contributed by atoms with Crippen LogP contribution in [-0.2, 0) is 0 Å². The van der Waals surface area contributed by atoms with Crippen LogP contribution in [0.1, 0.15) is 53.0 Å². The first kappa shape index (κ1) is 16.6. The lowest BCUT2D eigenvalue weighted by Crippen LogP contribution is -2.22. The molecule has 1 aromatic carbocycles. The average molecular weight is 296 g/mol. The van der Waals surface area contributed by atoms with Crippen LogP contribution in [-0.4, -0.2) is 5.11 Å². The van der Waals surface area contributed by atoms with Gasteiger partial charge in [-0.25, -0.2) is 0 Å². The molecule has 1 aromatic rings. The molecule has 0 bridgehead atoms. The van der Waals surface area contributed by atoms with E-state index in [1.54, 1.807) is 6.07 Å². The summed E-state index contributed by atoms with van der Waals surface area (Å²) < 4.78 is 0. The zero-order valence-corrected chi connectivity index (χ0v) is 14.7. The van der Waals surface area contributed by atoms with Crippen LogP contribution in [0.2, 0.25) is 0 Å². The standard InChI is InChI=1S/C21H28O/c1-14-17(20(2,3)4)12-15(13-18(14)21(5,6)7)16-10-8-9-11-19(16)22/h8-13,15,22H,1H2,2-7H3. The van der Waals surface area contributed by atoms with Crippen molar-refractivity contribution in [2.45, 2.75) is 47.5 Å². The number of phenolic OH excluding ortho intramolecular Hbond substituents is 1. The molecule has 1 aliphatic carbocycles. The maximum absolute atomic E-state index is 10.2. The number of aromatic hydroxyl groups is 1. The Kier molecular flexibility index (Phi) is 4.12. The summed E-state index contributed by atoms with van der Waals surface area (Å²) in [6.45, 7) is 17.7. The van der Waals surface area contributed by atoms with E-state index in [9.17, 15) is 5.11 Å². The fourth-order valence-electron chi connectivity index (χ4n) is 3.11. The number of rotatable bonds is 1. The maximum Gasteiger partial charge on any atom is 0.119 e. The highest BCUT2D eigenvalue weighted by atomic mass is 16.3. The van der Waals surface area contributed by atoms with Crippen molar-refractivity contribution in [3.05, 3.63) is 65.3 Å². The zero-order valence-electron chi connectivity index (χ0n) is 14.7. The fraction of sp³-hybridized carbons (Fsp3) is 0.429. The summed E-state index contributed by atoms with van der Waals surface area (Å²) in [5, 5.41) is 10.2. The van der Waals surface area contributed by atoms with Crippen molar-refractivity contribution in [2.24, 2.45) is 10.8 Å². The van der Waals surface area contributed by atoms with Gasteiger partial charge in [-0.3, -0.25) is 0 Å². The van der Waals surface area contributed by atoms with Crippen molar-refractivity contribution in [1.82, 2.24) is 0 Å². The molecule has 0 unspecified atom stereocenters. The average Bonchev–Trinajstić information content (AvgIpc) is 2.37. The molecule has 0 atom stereocenters. The number of hydrogen-bond donors (Lipinski definition) is 1. The first-order valence-electron chi connectivity index (χ1n) is 7.94. The molecule has 0 heterocycles. The van der Waals surface area contributed by atoms with Crippen LogP contribution in [0, 0.1) is 10.8 Å². The molecular weight excluding hydrogens is 268 g/mol. The second kappa shape index (κ2) is 5.46. The summed E-state index contributed by atoms with van der Waals surface area (Å²) in [7, 11) is 0. The lowest BCUT2D eigenvalue weighted by Gasteiger charge is -2.36. The third-order valence-electron chi connectivity index (χ3n) is 4.25. The van der Waals surface area contributed by atoms with Crippen LogP contribution < -0.4 is 0 Å². The predicted molar refractivity (Wildman–Crippen MR) is 95.1 cm³/mol. The molecule has 0 aliphatic heterocycles. The van der Waals surface area contributed by atoms with Crippen LogP contribution >= 0.6 is 0 Å². The third kappa shape index (κ3) is 3.19. The minimum absolute atomic E-state index is 0.0322. The molecule has 1 aliphatic rings. The van der Waals surface area contributed by atoms with Crippen molar-refractivity contribution >= 4 is 0 Å². The SMILES string of the molecule is C=C1C(C(C)(C)C)=CC(c2ccccc2O)C=C1C(C)(C)C. The molecule has 0 spiro atoms. The van der Waals surface area contributed by atoms with E-state index in [4.69, 9.17) is 0 Å². The van der Waals surface area contributed by atoms with Gasteiger partial charge >= 0.3 is 0 Å². The van der Waals surface area contributed by atoms with Crippen molar-refractivity contribution in [3.63, 3.8) is 0 Å². The Bertz CT molecular complexity index is 611. The number of benzene rings is 1. The van der Waals surface area contributed by atoms with Crippen LogP contribution in [0.5, 0.6) is 5.75 Å². The summed E-state index contributed by atoms with van der Waals surface area (Å²) >= 11 is 0. The Labute approximate surface area is 135 Å². The molecule has 0 saturated carbocycles. The predicted octanol–water partition coefficient (Wildman–Crippen LogP) is 5.99. The van der Waals surface area contributed by atoms with Crippen molar-refractivity contribution < 1.29 is 5.11 Å². The molecular formula is C21H28O. The van der Waals surface area contributed by atoms with Crippen LogP contribution in [0.4, 0.5) is 0 Å². The Morgan fingerprint density at radius 3 is 1.73 bits per heavy atom. The van der Waals surface area contributed by atoms with E-state index >= 15 is 0 Å². The van der Waals surface area contributed by atoms with Gasteiger partial charge in [-0.05, 0) is 33.6 Å². The van der Waals surface area contributed by atoms with Crippen molar-refractivity contribution in [3.8, 4) is 5.75 Å². The molecule has 1 heteroatoms. The van der Waals surface area contributed by atoms with E-state index in [-0.39, 0.29) is 16.7 Å². The third-order valence-corrected chi connectivity index (χ3v) is 4.25. The minimum Gasteiger partial charge on any atom is -0.508 e. The van der Waals surface area contributed by atoms with E-state index in [1.807, 2.05) is 18.2 Å². The molecule has 0 saturated heterocycles. The Morgan fingerprint density at radius 2 is 1.32 bits per heavy atom. The highest BCUT2D eigenvalue weighted by Crippen LogP contribution is 2.47. The highest BCUT2D eigenvalue weighted by molar-refractivity contribution is 5.57. The summed E-state index contributed by atoms with van der Waals surface area (Å²) in [5.74, 6) is 0.448. The number of para-hydroxylation sites is 1. The quantitative estimate of drug-likeness (QED) is 0.674. The minimum atomic E-state index is 0.0322. The fourth-order valence-corrected chi connectivity index (χ4v) is 3.11. The van der Waals surface area contributed by atoms with Crippen LogP contribution in [0.25, 0.3) is 0 Å². The van der Waals surface area contributed by atoms with Gasteiger partial charge in [-0.2, -0.15) is 0 Å². The zero-order chi connectivity index (χ0) is 16.7. The maximum atomic E-state index is 10.2. The van der Waals surface area contributed by atoms with Gasteiger partial charge in [-0.1, -0.05) is 78.5 Å². The molecule has 118 valence electrons. The largest absolute Gasteiger partial charge is 0.508 e. The molecule has 0 aromatic heterocycles. The van der Waals surface area contributed by atoms with E-state index in [0.717, 1.165) is 11.1 Å². The highest BCUT2D eigenvalue weighted by Gasteiger charge is 2.32. The summed E-state index contributed by atoms with van der Waals surface area (Å²) in [4.78, 5) is 0. The Hall–Kier alpha value is -1.76. The Balaban J connectivity index is 2.62. The summed E-state index contributed by atoms with van der Waals surface area (Å²) in [5.41, 5.74) is 4.70. The van der Waals surface area contributed by atoms with Gasteiger partial charge in [0.2, 0.25) is 0 Å². The van der Waals surface area contributed by atoms with Gasteiger partial charge in [0.1, 0.15) is 5.75 Å². The van der Waals surface area contributed by atoms with Gasteiger partial charge in [0.05, 0.1) is 0 Å². The van der Waals surface area contributed by atoms with Gasteiger partial charge in [0, 0.05) is 11.5 Å². The van der Waals surface area contributed by atoms with Gasteiger partial charge < -0.3 is 5.11 Å². The number of phenols is 1. The second-order valence-electron chi connectivity index (χ2n) is 8.22. The molecule has 1 N–H and O–H groups in total. The van der Waals surface area contributed by atoms with E-state index in [2.05, 4.69) is 60.3 Å². The molecule has 22 heavy (non-hydrogen) atoms. The van der Waals surface area contributed by atoms with E-state index in [0.29, 0.717) is 5.75 Å². The number of allylic oxidation sites excluding steroid dienone is 5. The van der Waals surface area contributed by atoms with Crippen LogP contribution in [0.3, 0.4) is 0 Å². The summed E-state index contributed by atoms with van der Waals surface area (Å²) in [6, 6.07) is 7.60. The normalized spacial score (nSPS) is 17.3. The Morgan fingerprint density at radius 1 is 0.864 bits per heavy atom. The molecule has 2 rings (SSSR count). The summed E-state index contributed by atoms with van der Waals surface area (Å²) in [6.07, 6.45) is 4.51. The molecule has 0 amide bonds. The van der Waals surface area contributed by atoms with E-state index < -0.39 is 0 Å². The first-order chi connectivity index (χ1) is 10.0. The molecule has 0 fully saturated rings. The molecule has 1 nitrogen and oxygen atoms in total. The van der Waals surface area contributed by atoms with Crippen molar-refractivity contribution in [1.29, 1.82) is 0 Å². The second-order valence-corrected chi connectivity index (χ2v) is 8.22. The smallest absolute Gasteiger partial charge is 0.119 e. The topological polar surface area (TPSA) is 20.2 Å². The van der Waals surface area contributed by atoms with Gasteiger partial charge in [0.15, 0.2) is 0 Å². The monoisotopic (exact) mass is 296 g/mol.